The Morgan fingerprint density at radius 3 is 1.48 bits per heavy atom. The van der Waals surface area contributed by atoms with E-state index in [0.717, 1.165) is 11.4 Å². The van der Waals surface area contributed by atoms with Crippen molar-refractivity contribution in [2.75, 3.05) is 10.6 Å². The maximum atomic E-state index is 12.1. The molecule has 0 heterocycles. The van der Waals surface area contributed by atoms with Gasteiger partial charge in [-0.05, 0) is 30.7 Å². The first-order valence-electron chi connectivity index (χ1n) is 6.96. The van der Waals surface area contributed by atoms with Crippen molar-refractivity contribution in [3.05, 3.63) is 60.7 Å². The highest BCUT2D eigenvalue weighted by Crippen LogP contribution is 2.40. The molecule has 2 N–H and O–H groups in total. The minimum Gasteiger partial charge on any atom is -0.326 e. The van der Waals surface area contributed by atoms with Crippen LogP contribution in [0.5, 0.6) is 0 Å². The second kappa shape index (κ2) is 5.79. The van der Waals surface area contributed by atoms with Gasteiger partial charge in [-0.1, -0.05) is 36.4 Å². The Hall–Kier alpha value is -2.62. The molecule has 1 fully saturated rings. The molecule has 0 bridgehead atoms. The van der Waals surface area contributed by atoms with Crippen molar-refractivity contribution in [1.82, 2.24) is 0 Å². The van der Waals surface area contributed by atoms with Crippen molar-refractivity contribution in [2.24, 2.45) is 11.8 Å². The molecule has 2 aromatic rings. The lowest BCUT2D eigenvalue weighted by Crippen LogP contribution is -2.20. The van der Waals surface area contributed by atoms with Crippen LogP contribution < -0.4 is 10.6 Å². The number of hydrogen-bond acceptors (Lipinski definition) is 2. The topological polar surface area (TPSA) is 58.2 Å². The Morgan fingerprint density at radius 2 is 1.10 bits per heavy atom. The third-order valence-corrected chi connectivity index (χ3v) is 3.55. The number of carbonyl (C=O) groups excluding carboxylic acids is 2. The van der Waals surface area contributed by atoms with Gasteiger partial charge in [-0.25, -0.2) is 0 Å². The summed E-state index contributed by atoms with van der Waals surface area (Å²) < 4.78 is 0. The van der Waals surface area contributed by atoms with Crippen LogP contribution in [0.25, 0.3) is 0 Å². The maximum Gasteiger partial charge on any atom is 0.228 e. The van der Waals surface area contributed by atoms with Crippen molar-refractivity contribution < 1.29 is 9.59 Å². The van der Waals surface area contributed by atoms with Crippen LogP contribution in [-0.2, 0) is 9.59 Å². The number of rotatable bonds is 4. The van der Waals surface area contributed by atoms with E-state index < -0.39 is 0 Å². The monoisotopic (exact) mass is 280 g/mol. The predicted octanol–water partition coefficient (Wildman–Crippen LogP) is 2.90. The molecule has 21 heavy (non-hydrogen) atoms. The molecule has 2 aromatic carbocycles. The van der Waals surface area contributed by atoms with Gasteiger partial charge in [0.2, 0.25) is 11.8 Å². The Balaban J connectivity index is 1.54. The summed E-state index contributed by atoms with van der Waals surface area (Å²) in [5.74, 6) is -0.633. The summed E-state index contributed by atoms with van der Waals surface area (Å²) in [6.45, 7) is 0. The molecule has 0 aliphatic heterocycles. The third kappa shape index (κ3) is 3.28. The van der Waals surface area contributed by atoms with Crippen molar-refractivity contribution in [1.29, 1.82) is 0 Å². The molecule has 4 nitrogen and oxygen atoms in total. The van der Waals surface area contributed by atoms with Gasteiger partial charge >= 0.3 is 0 Å². The van der Waals surface area contributed by atoms with Gasteiger partial charge in [0.15, 0.2) is 0 Å². The van der Waals surface area contributed by atoms with E-state index in [-0.39, 0.29) is 23.7 Å². The van der Waals surface area contributed by atoms with Gasteiger partial charge in [-0.2, -0.15) is 0 Å². The summed E-state index contributed by atoms with van der Waals surface area (Å²) >= 11 is 0. The van der Waals surface area contributed by atoms with Gasteiger partial charge in [0.1, 0.15) is 0 Å². The average Bonchev–Trinajstić information content (AvgIpc) is 3.30. The fourth-order valence-corrected chi connectivity index (χ4v) is 2.29. The van der Waals surface area contributed by atoms with Gasteiger partial charge in [-0.3, -0.25) is 9.59 Å². The van der Waals surface area contributed by atoms with Crippen LogP contribution in [0.1, 0.15) is 6.42 Å². The molecule has 106 valence electrons. The first-order valence-corrected chi connectivity index (χ1v) is 6.96. The van der Waals surface area contributed by atoms with E-state index in [9.17, 15) is 9.59 Å². The van der Waals surface area contributed by atoms with E-state index in [0.29, 0.717) is 6.42 Å². The maximum absolute atomic E-state index is 12.1. The fourth-order valence-electron chi connectivity index (χ4n) is 2.29. The molecule has 2 amide bonds. The normalized spacial score (nSPS) is 19.6. The van der Waals surface area contributed by atoms with E-state index in [4.69, 9.17) is 0 Å². The lowest BCUT2D eigenvalue weighted by Gasteiger charge is -2.06. The van der Waals surface area contributed by atoms with E-state index in [1.807, 2.05) is 60.7 Å². The van der Waals surface area contributed by atoms with Gasteiger partial charge in [0, 0.05) is 11.4 Å². The highest BCUT2D eigenvalue weighted by molar-refractivity contribution is 6.03. The highest BCUT2D eigenvalue weighted by Gasteiger charge is 2.48. The van der Waals surface area contributed by atoms with Crippen LogP contribution >= 0.6 is 0 Å². The Morgan fingerprint density at radius 1 is 0.714 bits per heavy atom. The van der Waals surface area contributed by atoms with Crippen LogP contribution in [0.3, 0.4) is 0 Å². The van der Waals surface area contributed by atoms with Crippen LogP contribution in [0, 0.1) is 11.8 Å². The second-order valence-electron chi connectivity index (χ2n) is 5.16. The molecule has 0 saturated heterocycles. The van der Waals surface area contributed by atoms with Crippen molar-refractivity contribution in [3.8, 4) is 0 Å². The minimum atomic E-state index is -0.228. The zero-order valence-electron chi connectivity index (χ0n) is 11.5. The Kier molecular flexibility index (Phi) is 3.69. The summed E-state index contributed by atoms with van der Waals surface area (Å²) in [5, 5.41) is 5.67. The second-order valence-corrected chi connectivity index (χ2v) is 5.16. The lowest BCUT2D eigenvalue weighted by molar-refractivity contribution is -0.122. The van der Waals surface area contributed by atoms with Crippen LogP contribution in [-0.4, -0.2) is 11.8 Å². The number of carbonyl (C=O) groups is 2. The molecule has 1 aliphatic rings. The number of para-hydroxylation sites is 2. The summed E-state index contributed by atoms with van der Waals surface area (Å²) in [7, 11) is 0. The lowest BCUT2D eigenvalue weighted by atomic mass is 10.2. The number of amides is 2. The summed E-state index contributed by atoms with van der Waals surface area (Å²) in [6, 6.07) is 18.6. The first kappa shape index (κ1) is 13.4. The number of anilines is 2. The minimum absolute atomic E-state index is 0.0885. The standard InChI is InChI=1S/C17H16N2O2/c20-16(18-12-7-3-1-4-8-12)14-11-15(14)17(21)19-13-9-5-2-6-10-13/h1-10,14-15H,11H2,(H,18,20)(H,19,21)/t14-,15+. The zero-order chi connectivity index (χ0) is 14.7. The molecule has 3 rings (SSSR count). The zero-order valence-corrected chi connectivity index (χ0v) is 11.5. The smallest absolute Gasteiger partial charge is 0.228 e. The number of nitrogens with one attached hydrogen (secondary N) is 2. The SMILES string of the molecule is O=C(Nc1ccccc1)[C@H]1C[C@H]1C(=O)Nc1ccccc1. The first-order chi connectivity index (χ1) is 10.2. The number of hydrogen-bond donors (Lipinski definition) is 2. The quantitative estimate of drug-likeness (QED) is 0.904. The van der Waals surface area contributed by atoms with E-state index in [1.54, 1.807) is 0 Å². The van der Waals surface area contributed by atoms with Crippen LogP contribution in [0.2, 0.25) is 0 Å². The van der Waals surface area contributed by atoms with E-state index >= 15 is 0 Å². The molecule has 2 atom stereocenters. The molecule has 1 aliphatic carbocycles. The van der Waals surface area contributed by atoms with Crippen LogP contribution in [0.15, 0.2) is 60.7 Å². The van der Waals surface area contributed by atoms with Gasteiger partial charge < -0.3 is 10.6 Å². The molecular formula is C17H16N2O2. The van der Waals surface area contributed by atoms with Crippen LogP contribution in [0.4, 0.5) is 11.4 Å². The summed E-state index contributed by atoms with van der Waals surface area (Å²) in [4.78, 5) is 24.1. The van der Waals surface area contributed by atoms with Gasteiger partial charge in [0.25, 0.3) is 0 Å². The van der Waals surface area contributed by atoms with E-state index in [1.165, 1.54) is 0 Å². The predicted molar refractivity (Wildman–Crippen MR) is 81.7 cm³/mol. The molecule has 4 heteroatoms. The largest absolute Gasteiger partial charge is 0.326 e. The molecule has 0 unspecified atom stereocenters. The fraction of sp³-hybridized carbons (Fsp3) is 0.176. The van der Waals surface area contributed by atoms with Crippen molar-refractivity contribution >= 4 is 23.2 Å². The van der Waals surface area contributed by atoms with Crippen molar-refractivity contribution in [2.45, 2.75) is 6.42 Å². The average molecular weight is 280 g/mol. The highest BCUT2D eigenvalue weighted by atomic mass is 16.2. The molecule has 0 radical (unpaired) electrons. The summed E-state index contributed by atoms with van der Waals surface area (Å²) in [5.41, 5.74) is 1.52. The Bertz CT molecular complexity index is 583. The molecular weight excluding hydrogens is 264 g/mol. The van der Waals surface area contributed by atoms with Gasteiger partial charge in [-0.15, -0.1) is 0 Å². The molecule has 1 saturated carbocycles. The van der Waals surface area contributed by atoms with Crippen molar-refractivity contribution in [3.63, 3.8) is 0 Å². The molecule has 0 spiro atoms. The van der Waals surface area contributed by atoms with E-state index in [2.05, 4.69) is 10.6 Å². The Labute approximate surface area is 123 Å². The third-order valence-electron chi connectivity index (χ3n) is 3.55. The number of benzene rings is 2. The summed E-state index contributed by atoms with van der Waals surface area (Å²) in [6.07, 6.45) is 0.608. The molecule has 0 aromatic heterocycles. The van der Waals surface area contributed by atoms with Gasteiger partial charge in [0.05, 0.1) is 11.8 Å².